The summed E-state index contributed by atoms with van der Waals surface area (Å²) in [5.41, 5.74) is 0. The second-order valence-electron chi connectivity index (χ2n) is 4.16. The van der Waals surface area contributed by atoms with Crippen molar-refractivity contribution in [3.63, 3.8) is 0 Å². The van der Waals surface area contributed by atoms with Gasteiger partial charge in [-0.15, -0.1) is 0 Å². The predicted octanol–water partition coefficient (Wildman–Crippen LogP) is 2.11. The van der Waals surface area contributed by atoms with Gasteiger partial charge in [0.05, 0.1) is 18.8 Å². The highest BCUT2D eigenvalue weighted by atomic mass is 16.5. The highest BCUT2D eigenvalue weighted by molar-refractivity contribution is 4.68. The van der Waals surface area contributed by atoms with Crippen molar-refractivity contribution in [3.8, 4) is 0 Å². The van der Waals surface area contributed by atoms with E-state index >= 15 is 0 Å². The van der Waals surface area contributed by atoms with Crippen molar-refractivity contribution in [1.82, 2.24) is 0 Å². The van der Waals surface area contributed by atoms with Crippen molar-refractivity contribution in [2.45, 2.75) is 64.6 Å². The molecule has 0 radical (unpaired) electrons. The van der Waals surface area contributed by atoms with Gasteiger partial charge in [0, 0.05) is 6.61 Å². The van der Waals surface area contributed by atoms with Crippen LogP contribution in [0, 0.1) is 0 Å². The first-order chi connectivity index (χ1) is 7.20. The lowest BCUT2D eigenvalue weighted by Gasteiger charge is -2.25. The molecule has 0 amide bonds. The lowest BCUT2D eigenvalue weighted by Crippen LogP contribution is -2.21. The van der Waals surface area contributed by atoms with Crippen LogP contribution in [0.5, 0.6) is 0 Å². The summed E-state index contributed by atoms with van der Waals surface area (Å²) in [6.45, 7) is 4.61. The normalized spacial score (nSPS) is 17.6. The van der Waals surface area contributed by atoms with Crippen LogP contribution >= 0.6 is 0 Å². The molecule has 0 spiro atoms. The summed E-state index contributed by atoms with van der Waals surface area (Å²) in [6, 6.07) is 0. The predicted molar refractivity (Wildman–Crippen MR) is 61.9 cm³/mol. The molecule has 0 saturated heterocycles. The van der Waals surface area contributed by atoms with Gasteiger partial charge in [-0.25, -0.2) is 0 Å². The Kier molecular flexibility index (Phi) is 10.3. The molecule has 15 heavy (non-hydrogen) atoms. The summed E-state index contributed by atoms with van der Waals surface area (Å²) < 4.78 is 5.58. The molecule has 1 atom stereocenters. The SMILES string of the molecule is CC(O)CO.CCCCCOC1CCC1. The third-order valence-electron chi connectivity index (χ3n) is 2.42. The number of aliphatic hydroxyl groups is 2. The van der Waals surface area contributed by atoms with Crippen LogP contribution in [0.2, 0.25) is 0 Å². The molecule has 1 rings (SSSR count). The van der Waals surface area contributed by atoms with Crippen molar-refractivity contribution >= 4 is 0 Å². The van der Waals surface area contributed by atoms with Gasteiger partial charge in [0.15, 0.2) is 0 Å². The number of hydrogen-bond donors (Lipinski definition) is 2. The summed E-state index contributed by atoms with van der Waals surface area (Å²) in [7, 11) is 0. The number of hydrogen-bond acceptors (Lipinski definition) is 3. The van der Waals surface area contributed by atoms with E-state index in [9.17, 15) is 0 Å². The van der Waals surface area contributed by atoms with Gasteiger partial charge in [0.1, 0.15) is 0 Å². The van der Waals surface area contributed by atoms with Crippen molar-refractivity contribution < 1.29 is 14.9 Å². The van der Waals surface area contributed by atoms with E-state index in [-0.39, 0.29) is 6.61 Å². The molecule has 1 saturated carbocycles. The molecular weight excluding hydrogens is 192 g/mol. The minimum Gasteiger partial charge on any atom is -0.394 e. The van der Waals surface area contributed by atoms with E-state index in [0.29, 0.717) is 6.10 Å². The average molecular weight is 218 g/mol. The molecule has 0 bridgehead atoms. The van der Waals surface area contributed by atoms with E-state index in [1.165, 1.54) is 45.4 Å². The molecule has 0 aromatic heterocycles. The maximum atomic E-state index is 8.11. The Balaban J connectivity index is 0.000000336. The maximum absolute atomic E-state index is 8.11. The number of rotatable bonds is 6. The van der Waals surface area contributed by atoms with Gasteiger partial charge in [-0.2, -0.15) is 0 Å². The average Bonchev–Trinajstić information content (AvgIpc) is 2.16. The third kappa shape index (κ3) is 10.2. The third-order valence-corrected chi connectivity index (χ3v) is 2.42. The Labute approximate surface area is 93.5 Å². The highest BCUT2D eigenvalue weighted by Gasteiger charge is 2.16. The fourth-order valence-corrected chi connectivity index (χ4v) is 1.14. The quantitative estimate of drug-likeness (QED) is 0.671. The highest BCUT2D eigenvalue weighted by Crippen LogP contribution is 2.21. The summed E-state index contributed by atoms with van der Waals surface area (Å²) >= 11 is 0. The van der Waals surface area contributed by atoms with Crippen LogP contribution in [0.1, 0.15) is 52.4 Å². The second-order valence-corrected chi connectivity index (χ2v) is 4.16. The fraction of sp³-hybridized carbons (Fsp3) is 1.00. The molecule has 1 fully saturated rings. The molecule has 1 aliphatic rings. The topological polar surface area (TPSA) is 49.7 Å². The maximum Gasteiger partial charge on any atom is 0.0742 e. The van der Waals surface area contributed by atoms with E-state index < -0.39 is 6.10 Å². The van der Waals surface area contributed by atoms with E-state index in [4.69, 9.17) is 14.9 Å². The molecule has 0 aromatic rings. The van der Waals surface area contributed by atoms with Gasteiger partial charge >= 0.3 is 0 Å². The molecule has 2 N–H and O–H groups in total. The second kappa shape index (κ2) is 10.4. The number of ether oxygens (including phenoxy) is 1. The molecule has 92 valence electrons. The Morgan fingerprint density at radius 3 is 2.27 bits per heavy atom. The molecule has 3 nitrogen and oxygen atoms in total. The summed E-state index contributed by atoms with van der Waals surface area (Å²) in [6.07, 6.45) is 7.97. The minimum absolute atomic E-state index is 0.139. The Morgan fingerprint density at radius 2 is 1.93 bits per heavy atom. The van der Waals surface area contributed by atoms with Gasteiger partial charge in [-0.05, 0) is 32.6 Å². The zero-order chi connectivity index (χ0) is 11.5. The largest absolute Gasteiger partial charge is 0.394 e. The lowest BCUT2D eigenvalue weighted by atomic mass is 9.96. The van der Waals surface area contributed by atoms with E-state index in [2.05, 4.69) is 6.92 Å². The molecule has 0 aliphatic heterocycles. The van der Waals surface area contributed by atoms with Crippen molar-refractivity contribution in [1.29, 1.82) is 0 Å². The van der Waals surface area contributed by atoms with Gasteiger partial charge in [-0.1, -0.05) is 19.8 Å². The summed E-state index contributed by atoms with van der Waals surface area (Å²) in [5.74, 6) is 0. The zero-order valence-corrected chi connectivity index (χ0v) is 10.1. The number of aliphatic hydroxyl groups excluding tert-OH is 2. The Hall–Kier alpha value is -0.120. The van der Waals surface area contributed by atoms with Crippen molar-refractivity contribution in [2.75, 3.05) is 13.2 Å². The van der Waals surface area contributed by atoms with E-state index in [1.807, 2.05) is 0 Å². The lowest BCUT2D eigenvalue weighted by molar-refractivity contribution is 0.000750. The monoisotopic (exact) mass is 218 g/mol. The molecular formula is C12H26O3. The van der Waals surface area contributed by atoms with E-state index in [1.54, 1.807) is 0 Å². The first-order valence-electron chi connectivity index (χ1n) is 6.11. The zero-order valence-electron chi connectivity index (χ0n) is 10.1. The van der Waals surface area contributed by atoms with Crippen LogP contribution in [0.3, 0.4) is 0 Å². The van der Waals surface area contributed by atoms with Gasteiger partial charge in [0.2, 0.25) is 0 Å². The van der Waals surface area contributed by atoms with Crippen LogP contribution in [0.4, 0.5) is 0 Å². The molecule has 0 aromatic carbocycles. The Bertz CT molecular complexity index is 122. The molecule has 1 unspecified atom stereocenters. The van der Waals surface area contributed by atoms with Crippen LogP contribution in [-0.4, -0.2) is 35.6 Å². The molecule has 0 heterocycles. The Morgan fingerprint density at radius 1 is 1.33 bits per heavy atom. The standard InChI is InChI=1S/C9H18O.C3H8O2/c1-2-3-4-8-10-9-6-5-7-9;1-3(5)2-4/h9H,2-8H2,1H3;3-5H,2H2,1H3. The first kappa shape index (κ1) is 14.9. The van der Waals surface area contributed by atoms with E-state index in [0.717, 1.165) is 6.61 Å². The van der Waals surface area contributed by atoms with Gasteiger partial charge in [-0.3, -0.25) is 0 Å². The first-order valence-corrected chi connectivity index (χ1v) is 6.11. The molecule has 1 aliphatic carbocycles. The van der Waals surface area contributed by atoms with Crippen LogP contribution in [0.25, 0.3) is 0 Å². The molecule has 3 heteroatoms. The van der Waals surface area contributed by atoms with Gasteiger partial charge in [0.25, 0.3) is 0 Å². The van der Waals surface area contributed by atoms with Crippen LogP contribution < -0.4 is 0 Å². The smallest absolute Gasteiger partial charge is 0.0742 e. The van der Waals surface area contributed by atoms with Crippen LogP contribution in [0.15, 0.2) is 0 Å². The minimum atomic E-state index is -0.560. The van der Waals surface area contributed by atoms with Crippen molar-refractivity contribution in [3.05, 3.63) is 0 Å². The van der Waals surface area contributed by atoms with Crippen LogP contribution in [-0.2, 0) is 4.74 Å². The van der Waals surface area contributed by atoms with Gasteiger partial charge < -0.3 is 14.9 Å². The summed E-state index contributed by atoms with van der Waals surface area (Å²) in [4.78, 5) is 0. The number of unbranched alkanes of at least 4 members (excludes halogenated alkanes) is 2. The summed E-state index contributed by atoms with van der Waals surface area (Å²) in [5, 5.41) is 16.0. The van der Waals surface area contributed by atoms with Crippen molar-refractivity contribution in [2.24, 2.45) is 0 Å². The fourth-order valence-electron chi connectivity index (χ4n) is 1.14.